The molecule has 0 saturated carbocycles. The van der Waals surface area contributed by atoms with Crippen LogP contribution in [0.4, 0.5) is 38.3 Å². The van der Waals surface area contributed by atoms with Crippen molar-refractivity contribution in [2.24, 2.45) is 17.8 Å². The number of nitrogens with one attached hydrogen (secondary N) is 6. The molecule has 137 heavy (non-hydrogen) atoms. The number of hydrogen-bond donors (Lipinski definition) is 6. The number of amides is 4. The lowest BCUT2D eigenvalue weighted by Gasteiger charge is -2.34. The van der Waals surface area contributed by atoms with Crippen molar-refractivity contribution < 1.29 is 53.6 Å². The van der Waals surface area contributed by atoms with Gasteiger partial charge in [-0.15, -0.1) is 0 Å². The van der Waals surface area contributed by atoms with Crippen molar-refractivity contribution in [1.29, 1.82) is 0 Å². The van der Waals surface area contributed by atoms with Crippen LogP contribution in [0.1, 0.15) is 345 Å². The zero-order valence-electron chi connectivity index (χ0n) is 84.8. The maximum Gasteiger partial charge on any atom is 0.410 e. The van der Waals surface area contributed by atoms with Crippen LogP contribution in [-0.2, 0) is 67.3 Å². The highest BCUT2D eigenvalue weighted by atomic mass is 32.2. The first-order valence-electron chi connectivity index (χ1n) is 47.3. The van der Waals surface area contributed by atoms with E-state index in [-0.39, 0.29) is 101 Å². The Bertz CT molecular complexity index is 6050. The first-order valence-corrected chi connectivity index (χ1v) is 51.8. The summed E-state index contributed by atoms with van der Waals surface area (Å²) in [5.74, 6) is -0.728. The average molecular weight is 1930 g/mol. The van der Waals surface area contributed by atoms with Gasteiger partial charge in [-0.05, 0) is 262 Å². The van der Waals surface area contributed by atoms with Gasteiger partial charge in [0.25, 0.3) is 47.8 Å². The van der Waals surface area contributed by atoms with Crippen LogP contribution in [0, 0.1) is 23.7 Å². The van der Waals surface area contributed by atoms with Crippen LogP contribution in [0.25, 0.3) is 0 Å². The van der Waals surface area contributed by atoms with Crippen molar-refractivity contribution in [2.45, 2.75) is 333 Å². The van der Waals surface area contributed by atoms with Gasteiger partial charge in [-0.2, -0.15) is 29.6 Å². The van der Waals surface area contributed by atoms with Gasteiger partial charge in [-0.3, -0.25) is 29.3 Å². The molecule has 6 atom stereocenters. The van der Waals surface area contributed by atoms with Gasteiger partial charge >= 0.3 is 6.09 Å². The fourth-order valence-corrected chi connectivity index (χ4v) is 20.9. The number of likely N-dealkylation sites (tertiary alicyclic amines) is 1. The summed E-state index contributed by atoms with van der Waals surface area (Å²) >= 11 is 0. The van der Waals surface area contributed by atoms with Crippen molar-refractivity contribution in [3.63, 3.8) is 0 Å². The zero-order valence-corrected chi connectivity index (χ0v) is 87.2. The number of nitrogens with zero attached hydrogens (tertiary/aromatic N) is 12. The normalized spacial score (nSPS) is 20.2. The van der Waals surface area contributed by atoms with Crippen LogP contribution < -0.4 is 39.9 Å². The maximum atomic E-state index is 14.8. The summed E-state index contributed by atoms with van der Waals surface area (Å²) in [6.45, 7) is 57.5. The lowest BCUT2D eigenvalue weighted by Crippen LogP contribution is -2.45. The topological polar surface area (TPSA) is 378 Å². The number of pyridine rings is 9. The lowest BCUT2D eigenvalue weighted by atomic mass is 9.87. The summed E-state index contributed by atoms with van der Waals surface area (Å²) in [6.07, 6.45) is 12.7. The molecule has 8 bridgehead atoms. The van der Waals surface area contributed by atoms with E-state index in [1.807, 2.05) is 115 Å². The van der Waals surface area contributed by atoms with Gasteiger partial charge in [0.15, 0.2) is 15.1 Å². The molecule has 5 aliphatic rings. The van der Waals surface area contributed by atoms with Crippen LogP contribution >= 0.6 is 0 Å². The number of hydrogen-bond acceptors (Lipinski definition) is 25. The second-order valence-corrected chi connectivity index (χ2v) is 51.1. The number of rotatable bonds is 11. The average Bonchev–Trinajstić information content (AvgIpc) is 1.63. The summed E-state index contributed by atoms with van der Waals surface area (Å²) in [7, 11) is -13.0. The SMILES string of the molecule is CC(C)(C)OC(=O)N1C[C@@H](CCC(Nc2cccc(S(=O)(=O)NC(=O)c3ccc(C(C)(C)C)nc3F)n2)c2ccc(C(C)(C)C)cn2)CC1(C)C.CC(C)(C)c1ccc(C2CC[C@@H]3CN(c4nc(C(C)(C)C)ccc4C(=O)NS(=O)(=O)c4cccc(n4)N2)C(C)(C)C3)nc1.CC(C)(C)c1ccc(C2CC[C@@H]3CN(c4nc(C(C)(C)C)ccc4C(=O)NS(=O)(=O)c4cccc(n4)N2)C(C)(C)C3)nc1. The zero-order chi connectivity index (χ0) is 101. The molecule has 14 rings (SSSR count). The van der Waals surface area contributed by atoms with Gasteiger partial charge in [-0.1, -0.05) is 161 Å². The van der Waals surface area contributed by atoms with Gasteiger partial charge < -0.3 is 35.4 Å². The second kappa shape index (κ2) is 39.2. The molecular weight excluding hydrogens is 1790 g/mol. The Balaban J connectivity index is 0.000000185. The van der Waals surface area contributed by atoms with Crippen molar-refractivity contribution >= 4 is 83.0 Å². The third-order valence-electron chi connectivity index (χ3n) is 25.9. The third kappa shape index (κ3) is 25.9. The highest BCUT2D eigenvalue weighted by Crippen LogP contribution is 2.46. The molecule has 0 spiro atoms. The van der Waals surface area contributed by atoms with Crippen LogP contribution in [-0.4, -0.2) is 141 Å². The molecule has 33 heteroatoms. The predicted octanol–water partition coefficient (Wildman–Crippen LogP) is 20.0. The third-order valence-corrected chi connectivity index (χ3v) is 29.6. The van der Waals surface area contributed by atoms with Gasteiger partial charge in [0, 0.05) is 88.2 Å². The van der Waals surface area contributed by atoms with E-state index in [4.69, 9.17) is 29.7 Å². The molecule has 6 N–H and O–H groups in total. The number of anilines is 5. The summed E-state index contributed by atoms with van der Waals surface area (Å²) in [5.41, 5.74) is 5.22. The molecule has 4 amide bonds. The molecule has 3 fully saturated rings. The quantitative estimate of drug-likeness (QED) is 0.0655. The highest BCUT2D eigenvalue weighted by molar-refractivity contribution is 7.90. The fraction of sp³-hybridized carbons (Fsp3) is 0.529. The Morgan fingerprint density at radius 1 is 0.489 bits per heavy atom. The number of halogens is 1. The second-order valence-electron chi connectivity index (χ2n) is 46.3. The summed E-state index contributed by atoms with van der Waals surface area (Å²) < 4.78 is 107. The van der Waals surface area contributed by atoms with Crippen molar-refractivity contribution in [3.8, 4) is 0 Å². The Morgan fingerprint density at radius 2 is 0.920 bits per heavy atom. The van der Waals surface area contributed by atoms with Crippen molar-refractivity contribution in [1.82, 2.24) is 63.9 Å². The monoisotopic (exact) mass is 1930 g/mol. The lowest BCUT2D eigenvalue weighted by molar-refractivity contribution is 0.0130. The molecule has 9 aromatic heterocycles. The van der Waals surface area contributed by atoms with Crippen molar-refractivity contribution in [3.05, 3.63) is 219 Å². The Labute approximate surface area is 810 Å². The van der Waals surface area contributed by atoms with Crippen LogP contribution in [0.3, 0.4) is 0 Å². The fourth-order valence-electron chi connectivity index (χ4n) is 18.1. The molecular formula is C104H141FN18O11S3. The summed E-state index contributed by atoms with van der Waals surface area (Å²) in [5, 5.41) is 9.38. The molecule has 3 saturated heterocycles. The van der Waals surface area contributed by atoms with E-state index >= 15 is 0 Å². The Hall–Kier alpha value is -11.2. The first-order chi connectivity index (χ1) is 63.2. The standard InChI is InChI=1S/C38H53FN6O5S.2C33H44N6O3S/c1-35(2,3)25-16-19-27(40-22-25)28(18-15-24-21-38(10,11)45(23-24)34(47)50-37(7,8)9)41-30-13-12-14-31(43-30)51(48,49)44-33(46)26-17-20-29(36(4,5)6)42-32(26)39;2*1-31(2,3)22-13-16-24(34-19-22)25-15-12-21-18-33(7,8)39(20-21)29-23(14-17-26(36-29)32(4,5)6)30(40)38-43(41,42)28-11-9-10-27(35-25)37-28/h12-14,16-17,19-20,22,24,28H,15,18,21,23H2,1-11H3,(H,41,43)(H,44,46);2*9-11,13-14,16-17,19,21,25H,12,15,18,20H2,1-8H3,(H,35,37)(H,38,40)/t24-,28?;2*21-,25?/m000/s1. The van der Waals surface area contributed by atoms with E-state index in [9.17, 15) is 48.8 Å². The number of fused-ring (bicyclic) bond motifs is 12. The van der Waals surface area contributed by atoms with E-state index in [1.165, 1.54) is 36.4 Å². The predicted molar refractivity (Wildman–Crippen MR) is 535 cm³/mol. The largest absolute Gasteiger partial charge is 0.444 e. The molecule has 14 heterocycles. The van der Waals surface area contributed by atoms with Gasteiger partial charge in [-0.25, -0.2) is 48.9 Å². The van der Waals surface area contributed by atoms with Gasteiger partial charge in [0.1, 0.15) is 34.7 Å². The van der Waals surface area contributed by atoms with E-state index in [1.54, 1.807) is 47.4 Å². The minimum absolute atomic E-state index is 0.0223. The van der Waals surface area contributed by atoms with E-state index in [2.05, 4.69) is 199 Å². The number of sulfonamides is 3. The Morgan fingerprint density at radius 3 is 1.33 bits per heavy atom. The molecule has 9 aromatic rings. The smallest absolute Gasteiger partial charge is 0.410 e. The number of ether oxygens (including phenoxy) is 1. The number of aromatic nitrogens is 9. The minimum atomic E-state index is -4.48. The molecule has 0 radical (unpaired) electrons. The van der Waals surface area contributed by atoms with Crippen molar-refractivity contribution in [2.75, 3.05) is 45.4 Å². The minimum Gasteiger partial charge on any atom is -0.444 e. The molecule has 0 aromatic carbocycles. The first kappa shape index (κ1) is 105. The van der Waals surface area contributed by atoms with Crippen LogP contribution in [0.15, 0.2) is 161 Å². The molecule has 29 nitrogen and oxygen atoms in total. The van der Waals surface area contributed by atoms with Crippen LogP contribution in [0.5, 0.6) is 0 Å². The van der Waals surface area contributed by atoms with E-state index < -0.39 is 75.3 Å². The number of carbonyl (C=O) groups is 4. The summed E-state index contributed by atoms with van der Waals surface area (Å²) in [6, 6.07) is 35.2. The van der Waals surface area contributed by atoms with Crippen LogP contribution in [0.2, 0.25) is 0 Å². The maximum absolute atomic E-state index is 14.8. The molecule has 3 unspecified atom stereocenters. The highest BCUT2D eigenvalue weighted by Gasteiger charge is 2.47. The van der Waals surface area contributed by atoms with E-state index in [0.29, 0.717) is 66.9 Å². The van der Waals surface area contributed by atoms with Gasteiger partial charge in [0.05, 0.1) is 51.9 Å². The number of carbonyl (C=O) groups excluding carboxylic acids is 4. The molecule has 738 valence electrons. The molecule has 0 aliphatic carbocycles. The molecule has 5 aliphatic heterocycles. The van der Waals surface area contributed by atoms with Gasteiger partial charge in [0.2, 0.25) is 5.95 Å². The summed E-state index contributed by atoms with van der Waals surface area (Å²) in [4.78, 5) is 101. The van der Waals surface area contributed by atoms with E-state index in [0.717, 1.165) is 96.5 Å². The Kier molecular flexibility index (Phi) is 30.0.